The van der Waals surface area contributed by atoms with Gasteiger partial charge in [-0.05, 0) is 11.4 Å². The van der Waals surface area contributed by atoms with Crippen molar-refractivity contribution in [3.8, 4) is 10.6 Å². The third kappa shape index (κ3) is 4.09. The summed E-state index contributed by atoms with van der Waals surface area (Å²) in [6, 6.07) is 5.54. The number of alkyl halides is 2. The van der Waals surface area contributed by atoms with Gasteiger partial charge in [-0.2, -0.15) is 0 Å². The number of aliphatic hydroxyl groups is 1. The molecule has 0 aliphatic heterocycles. The van der Waals surface area contributed by atoms with Gasteiger partial charge in [0.2, 0.25) is 0 Å². The van der Waals surface area contributed by atoms with E-state index in [0.29, 0.717) is 11.5 Å². The lowest BCUT2D eigenvalue weighted by Gasteiger charge is -2.18. The van der Waals surface area contributed by atoms with E-state index < -0.39 is 6.43 Å². The number of hydrogen-bond donors (Lipinski definition) is 1. The molecule has 0 unspecified atom stereocenters. The van der Waals surface area contributed by atoms with Crippen LogP contribution in [0, 0.1) is 0 Å². The lowest BCUT2D eigenvalue weighted by Crippen LogP contribution is -2.31. The average molecular weight is 288 g/mol. The smallest absolute Gasteiger partial charge is 0.251 e. The molecule has 2 rings (SSSR count). The number of aromatic nitrogens is 1. The van der Waals surface area contributed by atoms with Crippen LogP contribution < -0.4 is 0 Å². The second-order valence-electron chi connectivity index (χ2n) is 4.01. The van der Waals surface area contributed by atoms with E-state index in [2.05, 4.69) is 5.16 Å². The highest BCUT2D eigenvalue weighted by molar-refractivity contribution is 7.13. The number of halogens is 2. The first-order chi connectivity index (χ1) is 9.19. The van der Waals surface area contributed by atoms with Crippen molar-refractivity contribution in [2.75, 3.05) is 19.7 Å². The third-order valence-electron chi connectivity index (χ3n) is 2.52. The number of rotatable bonds is 7. The van der Waals surface area contributed by atoms with Crippen molar-refractivity contribution in [2.24, 2.45) is 0 Å². The first-order valence-corrected chi connectivity index (χ1v) is 6.68. The van der Waals surface area contributed by atoms with Gasteiger partial charge in [-0.15, -0.1) is 11.3 Å². The SMILES string of the molecule is OCCN(Cc1cc(-c2cccs2)on1)CC(F)F. The quantitative estimate of drug-likeness (QED) is 0.850. The minimum atomic E-state index is -2.43. The molecule has 4 nitrogen and oxygen atoms in total. The van der Waals surface area contributed by atoms with Crippen molar-refractivity contribution in [3.63, 3.8) is 0 Å². The highest BCUT2D eigenvalue weighted by Crippen LogP contribution is 2.25. The van der Waals surface area contributed by atoms with Crippen LogP contribution in [-0.4, -0.2) is 41.3 Å². The predicted molar refractivity (Wildman–Crippen MR) is 68.2 cm³/mol. The molecule has 2 aromatic heterocycles. The monoisotopic (exact) mass is 288 g/mol. The molecule has 0 radical (unpaired) electrons. The Balaban J connectivity index is 2.01. The Morgan fingerprint density at radius 2 is 2.32 bits per heavy atom. The molecule has 0 aliphatic rings. The molecule has 7 heteroatoms. The summed E-state index contributed by atoms with van der Waals surface area (Å²) in [7, 11) is 0. The topological polar surface area (TPSA) is 49.5 Å². The molecule has 2 aromatic rings. The van der Waals surface area contributed by atoms with Crippen molar-refractivity contribution in [1.82, 2.24) is 10.1 Å². The number of hydrogen-bond acceptors (Lipinski definition) is 5. The normalized spacial score (nSPS) is 11.6. The van der Waals surface area contributed by atoms with E-state index >= 15 is 0 Å². The molecule has 0 aromatic carbocycles. The minimum absolute atomic E-state index is 0.164. The maximum Gasteiger partial charge on any atom is 0.251 e. The molecule has 0 bridgehead atoms. The molecule has 19 heavy (non-hydrogen) atoms. The third-order valence-corrected chi connectivity index (χ3v) is 3.41. The Morgan fingerprint density at radius 1 is 1.47 bits per heavy atom. The molecule has 0 spiro atoms. The molecular weight excluding hydrogens is 274 g/mol. The van der Waals surface area contributed by atoms with Crippen molar-refractivity contribution in [2.45, 2.75) is 13.0 Å². The molecule has 1 N–H and O–H groups in total. The van der Waals surface area contributed by atoms with Crippen molar-refractivity contribution in [3.05, 3.63) is 29.3 Å². The van der Waals surface area contributed by atoms with Gasteiger partial charge < -0.3 is 9.63 Å². The van der Waals surface area contributed by atoms with Crippen molar-refractivity contribution in [1.29, 1.82) is 0 Å². The largest absolute Gasteiger partial charge is 0.395 e. The lowest BCUT2D eigenvalue weighted by molar-refractivity contribution is 0.0735. The summed E-state index contributed by atoms with van der Waals surface area (Å²) in [5, 5.41) is 14.6. The van der Waals surface area contributed by atoms with E-state index in [1.54, 1.807) is 6.07 Å². The maximum absolute atomic E-state index is 12.4. The van der Waals surface area contributed by atoms with Gasteiger partial charge in [-0.3, -0.25) is 4.90 Å². The second-order valence-corrected chi connectivity index (χ2v) is 4.96. The molecule has 0 aliphatic carbocycles. The highest BCUT2D eigenvalue weighted by atomic mass is 32.1. The fourth-order valence-corrected chi connectivity index (χ4v) is 2.40. The maximum atomic E-state index is 12.4. The summed E-state index contributed by atoms with van der Waals surface area (Å²) in [5.41, 5.74) is 0.581. The fraction of sp³-hybridized carbons (Fsp3) is 0.417. The minimum Gasteiger partial charge on any atom is -0.395 e. The van der Waals surface area contributed by atoms with Gasteiger partial charge in [-0.25, -0.2) is 8.78 Å². The van der Waals surface area contributed by atoms with Crippen LogP contribution in [0.25, 0.3) is 10.6 Å². The zero-order chi connectivity index (χ0) is 13.7. The van der Waals surface area contributed by atoms with Crippen LogP contribution >= 0.6 is 11.3 Å². The average Bonchev–Trinajstić information content (AvgIpc) is 2.97. The van der Waals surface area contributed by atoms with Gasteiger partial charge in [0.25, 0.3) is 6.43 Å². The molecule has 0 amide bonds. The van der Waals surface area contributed by atoms with Crippen LogP contribution in [0.3, 0.4) is 0 Å². The molecule has 0 saturated carbocycles. The molecule has 0 saturated heterocycles. The second kappa shape index (κ2) is 6.74. The highest BCUT2D eigenvalue weighted by Gasteiger charge is 2.15. The molecule has 2 heterocycles. The Kier molecular flexibility index (Phi) is 5.00. The van der Waals surface area contributed by atoms with Crippen molar-refractivity contribution < 1.29 is 18.4 Å². The molecular formula is C12H14F2N2O2S. The van der Waals surface area contributed by atoms with Crippen LogP contribution in [0.5, 0.6) is 0 Å². The standard InChI is InChI=1S/C12H14F2N2O2S/c13-12(14)8-16(3-4-17)7-9-6-10(18-15-9)11-2-1-5-19-11/h1-2,5-6,12,17H,3-4,7-8H2. The molecule has 0 atom stereocenters. The van der Waals surface area contributed by atoms with E-state index in [0.717, 1.165) is 4.88 Å². The van der Waals surface area contributed by atoms with Gasteiger partial charge in [0.05, 0.1) is 23.7 Å². The Hall–Kier alpha value is -1.31. The first kappa shape index (κ1) is 14.1. The lowest BCUT2D eigenvalue weighted by atomic mass is 10.3. The fourth-order valence-electron chi connectivity index (χ4n) is 1.72. The van der Waals surface area contributed by atoms with Crippen LogP contribution in [0.15, 0.2) is 28.1 Å². The van der Waals surface area contributed by atoms with E-state index in [1.165, 1.54) is 16.2 Å². The number of nitrogens with zero attached hydrogens (tertiary/aromatic N) is 2. The zero-order valence-corrected chi connectivity index (χ0v) is 10.9. The van der Waals surface area contributed by atoms with E-state index in [-0.39, 0.29) is 26.2 Å². The Bertz CT molecular complexity index is 488. The van der Waals surface area contributed by atoms with Crippen LogP contribution in [0.2, 0.25) is 0 Å². The number of thiophene rings is 1. The number of aliphatic hydroxyl groups excluding tert-OH is 1. The van der Waals surface area contributed by atoms with Gasteiger partial charge in [0.15, 0.2) is 5.76 Å². The van der Waals surface area contributed by atoms with E-state index in [9.17, 15) is 8.78 Å². The first-order valence-electron chi connectivity index (χ1n) is 5.80. The van der Waals surface area contributed by atoms with Crippen LogP contribution in [-0.2, 0) is 6.54 Å². The molecule has 0 fully saturated rings. The summed E-state index contributed by atoms with van der Waals surface area (Å²) in [5.74, 6) is 0.631. The summed E-state index contributed by atoms with van der Waals surface area (Å²) < 4.78 is 29.9. The van der Waals surface area contributed by atoms with Gasteiger partial charge in [-0.1, -0.05) is 11.2 Å². The van der Waals surface area contributed by atoms with Gasteiger partial charge in [0, 0.05) is 19.2 Å². The summed E-state index contributed by atoms with van der Waals surface area (Å²) in [6.07, 6.45) is -2.43. The Morgan fingerprint density at radius 3 is 2.95 bits per heavy atom. The zero-order valence-electron chi connectivity index (χ0n) is 10.1. The molecule has 104 valence electrons. The summed E-state index contributed by atoms with van der Waals surface area (Å²) in [6.45, 7) is -0.130. The van der Waals surface area contributed by atoms with Crippen molar-refractivity contribution >= 4 is 11.3 Å². The summed E-state index contributed by atoms with van der Waals surface area (Å²) in [4.78, 5) is 2.39. The van der Waals surface area contributed by atoms with E-state index in [1.807, 2.05) is 17.5 Å². The van der Waals surface area contributed by atoms with Gasteiger partial charge >= 0.3 is 0 Å². The summed E-state index contributed by atoms with van der Waals surface area (Å²) >= 11 is 1.52. The van der Waals surface area contributed by atoms with Crippen LogP contribution in [0.1, 0.15) is 5.69 Å². The predicted octanol–water partition coefficient (Wildman–Crippen LogP) is 2.46. The van der Waals surface area contributed by atoms with Gasteiger partial charge in [0.1, 0.15) is 0 Å². The van der Waals surface area contributed by atoms with E-state index in [4.69, 9.17) is 9.63 Å². The Labute approximate surface area is 113 Å². The van der Waals surface area contributed by atoms with Crippen LogP contribution in [0.4, 0.5) is 8.78 Å².